The summed E-state index contributed by atoms with van der Waals surface area (Å²) < 4.78 is 22.4. The third-order valence-electron chi connectivity index (χ3n) is 5.98. The average molecular weight is 389 g/mol. The van der Waals surface area contributed by atoms with Crippen molar-refractivity contribution >= 4 is 22.2 Å². The Bertz CT molecular complexity index is 1200. The number of benzene rings is 3. The average Bonchev–Trinajstić information content (AvgIpc) is 3.35. The zero-order valence-electron chi connectivity index (χ0n) is 16.2. The summed E-state index contributed by atoms with van der Waals surface area (Å²) in [4.78, 5) is 14.3. The van der Waals surface area contributed by atoms with E-state index in [4.69, 9.17) is 18.9 Å². The Labute approximate surface area is 167 Å². The van der Waals surface area contributed by atoms with Gasteiger partial charge < -0.3 is 23.8 Å². The first-order valence-corrected chi connectivity index (χ1v) is 9.62. The van der Waals surface area contributed by atoms with E-state index in [1.165, 1.54) is 0 Å². The number of carbonyl (C=O) groups is 1. The zero-order valence-corrected chi connectivity index (χ0v) is 16.2. The number of carbonyl (C=O) groups excluding carboxylic acids is 1. The van der Waals surface area contributed by atoms with Gasteiger partial charge in [0.25, 0.3) is 0 Å². The van der Waals surface area contributed by atoms with Crippen molar-refractivity contribution in [3.05, 3.63) is 42.0 Å². The second kappa shape index (κ2) is 5.80. The lowest BCUT2D eigenvalue weighted by Crippen LogP contribution is -2.30. The van der Waals surface area contributed by atoms with Crippen LogP contribution in [0.2, 0.25) is 0 Å². The second-order valence-corrected chi connectivity index (χ2v) is 7.71. The number of rotatable bonds is 2. The number of hydrogen-bond acceptors (Lipinski definition) is 6. The Kier molecular flexibility index (Phi) is 3.30. The molecule has 0 unspecified atom stereocenters. The van der Waals surface area contributed by atoms with E-state index in [2.05, 4.69) is 17.0 Å². The fourth-order valence-corrected chi connectivity index (χ4v) is 4.65. The van der Waals surface area contributed by atoms with Crippen molar-refractivity contribution in [2.24, 2.45) is 0 Å². The maximum atomic E-state index is 12.1. The van der Waals surface area contributed by atoms with Crippen molar-refractivity contribution in [1.29, 1.82) is 0 Å². The van der Waals surface area contributed by atoms with Gasteiger partial charge in [-0.2, -0.15) is 0 Å². The summed E-state index contributed by atoms with van der Waals surface area (Å²) in [5, 5.41) is 2.15. The van der Waals surface area contributed by atoms with Gasteiger partial charge in [-0.25, -0.2) is 0 Å². The largest absolute Gasteiger partial charge is 0.454 e. The molecular formula is C23H19NO5. The third kappa shape index (κ3) is 2.32. The summed E-state index contributed by atoms with van der Waals surface area (Å²) in [5.41, 5.74) is 4.35. The Hall–Kier alpha value is -3.41. The monoisotopic (exact) mass is 389 g/mol. The Morgan fingerprint density at radius 3 is 2.31 bits per heavy atom. The molecule has 0 saturated carbocycles. The fraction of sp³-hybridized carbons (Fsp3) is 0.261. The van der Waals surface area contributed by atoms with Crippen molar-refractivity contribution in [2.75, 3.05) is 25.5 Å². The Balaban J connectivity index is 1.65. The number of nitrogens with zero attached hydrogens (tertiary/aromatic N) is 1. The van der Waals surface area contributed by atoms with Crippen LogP contribution in [-0.4, -0.2) is 26.4 Å². The second-order valence-electron chi connectivity index (χ2n) is 7.71. The molecule has 0 spiro atoms. The first-order valence-electron chi connectivity index (χ1n) is 9.62. The topological polar surface area (TPSA) is 57.2 Å². The van der Waals surface area contributed by atoms with Gasteiger partial charge in [-0.1, -0.05) is 12.1 Å². The van der Waals surface area contributed by atoms with Crippen molar-refractivity contribution in [1.82, 2.24) is 0 Å². The maximum absolute atomic E-state index is 12.1. The number of Topliss-reactive ketones (excluding diaryl/α,β-unsaturated/α-hetero) is 1. The summed E-state index contributed by atoms with van der Waals surface area (Å²) in [6.07, 6.45) is 0.420. The maximum Gasteiger partial charge on any atom is 0.231 e. The van der Waals surface area contributed by atoms with Crippen LogP contribution >= 0.6 is 0 Å². The SMILES string of the molecule is CC(=O)C[C@@H]1c2cc3c(cc2-c2ccc4cc5c(cc4c2N1C)OCO5)OCO3. The van der Waals surface area contributed by atoms with Gasteiger partial charge in [0, 0.05) is 24.4 Å². The molecule has 3 heterocycles. The minimum atomic E-state index is -0.0828. The van der Waals surface area contributed by atoms with Gasteiger partial charge in [0.1, 0.15) is 5.78 Å². The molecular weight excluding hydrogens is 370 g/mol. The van der Waals surface area contributed by atoms with Crippen LogP contribution in [0.25, 0.3) is 21.9 Å². The summed E-state index contributed by atoms with van der Waals surface area (Å²) in [5.74, 6) is 3.13. The van der Waals surface area contributed by atoms with Crippen LogP contribution in [0.15, 0.2) is 36.4 Å². The number of ether oxygens (including phenoxy) is 4. The highest BCUT2D eigenvalue weighted by Crippen LogP contribution is 2.53. The van der Waals surface area contributed by atoms with Crippen molar-refractivity contribution in [3.63, 3.8) is 0 Å². The van der Waals surface area contributed by atoms with E-state index in [0.717, 1.165) is 56.1 Å². The van der Waals surface area contributed by atoms with Crippen LogP contribution in [0.5, 0.6) is 23.0 Å². The van der Waals surface area contributed by atoms with E-state index < -0.39 is 0 Å². The quantitative estimate of drug-likeness (QED) is 0.646. The van der Waals surface area contributed by atoms with Gasteiger partial charge in [0.2, 0.25) is 13.6 Å². The van der Waals surface area contributed by atoms with E-state index in [1.54, 1.807) is 6.92 Å². The zero-order chi connectivity index (χ0) is 19.7. The van der Waals surface area contributed by atoms with Gasteiger partial charge in [-0.3, -0.25) is 4.79 Å². The van der Waals surface area contributed by atoms with Crippen molar-refractivity contribution < 1.29 is 23.7 Å². The van der Waals surface area contributed by atoms with Gasteiger partial charge in [-0.15, -0.1) is 0 Å². The van der Waals surface area contributed by atoms with E-state index >= 15 is 0 Å². The lowest BCUT2D eigenvalue weighted by Gasteiger charge is -2.38. The number of hydrogen-bond donors (Lipinski definition) is 0. The van der Waals surface area contributed by atoms with Crippen LogP contribution < -0.4 is 23.8 Å². The van der Waals surface area contributed by atoms with E-state index in [-0.39, 0.29) is 25.4 Å². The van der Waals surface area contributed by atoms with Crippen molar-refractivity contribution in [2.45, 2.75) is 19.4 Å². The molecule has 3 aliphatic rings. The van der Waals surface area contributed by atoms with Crippen molar-refractivity contribution in [3.8, 4) is 34.1 Å². The predicted octanol–water partition coefficient (Wildman–Crippen LogP) is 4.43. The normalized spacial score (nSPS) is 18.0. The molecule has 0 radical (unpaired) electrons. The van der Waals surface area contributed by atoms with Gasteiger partial charge in [0.05, 0.1) is 11.7 Å². The molecule has 0 fully saturated rings. The summed E-state index contributed by atoms with van der Waals surface area (Å²) >= 11 is 0. The smallest absolute Gasteiger partial charge is 0.231 e. The highest BCUT2D eigenvalue weighted by molar-refractivity contribution is 6.05. The molecule has 6 nitrogen and oxygen atoms in total. The molecule has 3 aliphatic heterocycles. The van der Waals surface area contributed by atoms with Gasteiger partial charge in [-0.05, 0) is 47.7 Å². The molecule has 1 atom stereocenters. The minimum absolute atomic E-state index is 0.0828. The highest BCUT2D eigenvalue weighted by Gasteiger charge is 2.34. The lowest BCUT2D eigenvalue weighted by atomic mass is 9.84. The Morgan fingerprint density at radius 1 is 0.931 bits per heavy atom. The summed E-state index contributed by atoms with van der Waals surface area (Å²) in [7, 11) is 2.05. The summed E-state index contributed by atoms with van der Waals surface area (Å²) in [6.45, 7) is 2.10. The standard InChI is InChI=1S/C23H19NO5/c1-12(25)5-18-17-9-22-21(28-11-29-22)8-16(17)14-4-3-13-6-19-20(27-10-26-19)7-15(13)23(14)24(18)2/h3-4,6-9,18H,5,10-11H2,1-2H3/t18-/m1/s1. The molecule has 0 aromatic heterocycles. The number of anilines is 1. The lowest BCUT2D eigenvalue weighted by molar-refractivity contribution is -0.117. The molecule has 0 saturated heterocycles. The molecule has 0 N–H and O–H groups in total. The fourth-order valence-electron chi connectivity index (χ4n) is 4.65. The minimum Gasteiger partial charge on any atom is -0.454 e. The van der Waals surface area contributed by atoms with Gasteiger partial charge in [0.15, 0.2) is 23.0 Å². The highest BCUT2D eigenvalue weighted by atomic mass is 16.7. The van der Waals surface area contributed by atoms with E-state index in [1.807, 2.05) is 31.3 Å². The number of fused-ring (bicyclic) bond motifs is 7. The first kappa shape index (κ1) is 16.5. The molecule has 0 amide bonds. The van der Waals surface area contributed by atoms with Crippen LogP contribution in [0, 0.1) is 0 Å². The van der Waals surface area contributed by atoms with Crippen LogP contribution in [0.3, 0.4) is 0 Å². The Morgan fingerprint density at radius 2 is 1.59 bits per heavy atom. The van der Waals surface area contributed by atoms with Crippen LogP contribution in [0.1, 0.15) is 24.9 Å². The molecule has 6 heteroatoms. The third-order valence-corrected chi connectivity index (χ3v) is 5.98. The molecule has 0 bridgehead atoms. The molecule has 6 rings (SSSR count). The van der Waals surface area contributed by atoms with E-state index in [9.17, 15) is 4.79 Å². The predicted molar refractivity (Wildman–Crippen MR) is 108 cm³/mol. The summed E-state index contributed by atoms with van der Waals surface area (Å²) in [6, 6.07) is 12.3. The van der Waals surface area contributed by atoms with Crippen LogP contribution in [0.4, 0.5) is 5.69 Å². The molecule has 3 aromatic rings. The van der Waals surface area contributed by atoms with Gasteiger partial charge >= 0.3 is 0 Å². The molecule has 146 valence electrons. The van der Waals surface area contributed by atoms with Crippen LogP contribution in [-0.2, 0) is 4.79 Å². The molecule has 29 heavy (non-hydrogen) atoms. The molecule has 0 aliphatic carbocycles. The number of ketones is 1. The van der Waals surface area contributed by atoms with E-state index in [0.29, 0.717) is 6.42 Å². The first-order chi connectivity index (χ1) is 14.1. The molecule has 3 aromatic carbocycles.